The molecule has 2 atom stereocenters. The fourth-order valence-electron chi connectivity index (χ4n) is 4.66. The van der Waals surface area contributed by atoms with Crippen LogP contribution in [0.3, 0.4) is 0 Å². The SMILES string of the molecule is CCCC(C)(Pc1ccc(C)cc1C(C)=O)c1cc(C(C)(C)C)cc(C)c1OCc1ccccc1. The maximum Gasteiger partial charge on any atom is 0.160 e. The van der Waals surface area contributed by atoms with Crippen molar-refractivity contribution < 1.29 is 9.53 Å². The molecule has 0 spiro atoms. The molecular weight excluding hydrogens is 447 g/mol. The number of carbonyl (C=O) groups excluding carboxylic acids is 1. The van der Waals surface area contributed by atoms with Gasteiger partial charge in [-0.1, -0.05) is 110 Å². The first-order valence-electron chi connectivity index (χ1n) is 12.7. The number of ether oxygens (including phenoxy) is 1. The zero-order valence-corrected chi connectivity index (χ0v) is 23.7. The quantitative estimate of drug-likeness (QED) is 0.223. The molecule has 186 valence electrons. The molecule has 0 amide bonds. The van der Waals surface area contributed by atoms with E-state index < -0.39 is 0 Å². The zero-order chi connectivity index (χ0) is 25.8. The van der Waals surface area contributed by atoms with Crippen LogP contribution in [0.1, 0.15) is 92.6 Å². The summed E-state index contributed by atoms with van der Waals surface area (Å²) in [6.07, 6.45) is 2.08. The Balaban J connectivity index is 2.16. The highest BCUT2D eigenvalue weighted by molar-refractivity contribution is 7.48. The van der Waals surface area contributed by atoms with E-state index in [2.05, 4.69) is 97.0 Å². The van der Waals surface area contributed by atoms with E-state index >= 15 is 0 Å². The van der Waals surface area contributed by atoms with E-state index in [1.54, 1.807) is 6.92 Å². The number of rotatable bonds is 9. The second kappa shape index (κ2) is 11.1. The monoisotopic (exact) mass is 488 g/mol. The third-order valence-corrected chi connectivity index (χ3v) is 8.45. The Labute approximate surface area is 214 Å². The van der Waals surface area contributed by atoms with Gasteiger partial charge in [-0.15, -0.1) is 0 Å². The first kappa shape index (κ1) is 27.2. The van der Waals surface area contributed by atoms with Crippen LogP contribution < -0.4 is 10.0 Å². The second-order valence-corrected chi connectivity index (χ2v) is 12.9. The lowest BCUT2D eigenvalue weighted by Crippen LogP contribution is -2.24. The van der Waals surface area contributed by atoms with Crippen LogP contribution in [0.2, 0.25) is 0 Å². The number of aryl methyl sites for hydroxylation is 2. The lowest BCUT2D eigenvalue weighted by Gasteiger charge is -2.35. The predicted molar refractivity (Wildman–Crippen MR) is 152 cm³/mol. The Morgan fingerprint density at radius 3 is 2.23 bits per heavy atom. The normalized spacial score (nSPS) is 13.7. The summed E-state index contributed by atoms with van der Waals surface area (Å²) >= 11 is 0. The Morgan fingerprint density at radius 1 is 0.943 bits per heavy atom. The lowest BCUT2D eigenvalue weighted by atomic mass is 9.82. The molecule has 3 heteroatoms. The highest BCUT2D eigenvalue weighted by Gasteiger charge is 2.33. The average Bonchev–Trinajstić information content (AvgIpc) is 2.79. The highest BCUT2D eigenvalue weighted by Crippen LogP contribution is 2.50. The minimum atomic E-state index is -0.147. The van der Waals surface area contributed by atoms with E-state index in [1.165, 1.54) is 16.7 Å². The van der Waals surface area contributed by atoms with E-state index in [-0.39, 0.29) is 16.4 Å². The second-order valence-electron chi connectivity index (χ2n) is 11.0. The number of Topliss-reactive ketones (excluding diaryl/α,β-unsaturated/α-hetero) is 1. The number of ketones is 1. The summed E-state index contributed by atoms with van der Waals surface area (Å²) in [4.78, 5) is 12.5. The molecule has 35 heavy (non-hydrogen) atoms. The molecule has 2 unspecified atom stereocenters. The van der Waals surface area contributed by atoms with Crippen LogP contribution in [-0.2, 0) is 17.2 Å². The van der Waals surface area contributed by atoms with E-state index in [0.29, 0.717) is 15.2 Å². The van der Waals surface area contributed by atoms with Crippen molar-refractivity contribution in [2.75, 3.05) is 0 Å². The van der Waals surface area contributed by atoms with Gasteiger partial charge in [0.1, 0.15) is 12.4 Å². The van der Waals surface area contributed by atoms with Crippen molar-refractivity contribution in [1.29, 1.82) is 0 Å². The van der Waals surface area contributed by atoms with Crippen LogP contribution in [0.4, 0.5) is 0 Å². The molecule has 0 aliphatic heterocycles. The number of hydrogen-bond acceptors (Lipinski definition) is 2. The van der Waals surface area contributed by atoms with Crippen LogP contribution in [0.25, 0.3) is 0 Å². The van der Waals surface area contributed by atoms with Gasteiger partial charge in [-0.05, 0) is 60.7 Å². The lowest BCUT2D eigenvalue weighted by molar-refractivity contribution is 0.101. The zero-order valence-electron chi connectivity index (χ0n) is 22.7. The summed E-state index contributed by atoms with van der Waals surface area (Å²) in [5, 5.41) is 0.999. The summed E-state index contributed by atoms with van der Waals surface area (Å²) in [5.41, 5.74) is 6.91. The van der Waals surface area contributed by atoms with Crippen molar-refractivity contribution in [2.24, 2.45) is 0 Å². The molecule has 0 aliphatic rings. The van der Waals surface area contributed by atoms with Gasteiger partial charge in [0.05, 0.1) is 0 Å². The molecule has 0 radical (unpaired) electrons. The fraction of sp³-hybridized carbons (Fsp3) is 0.406. The summed E-state index contributed by atoms with van der Waals surface area (Å²) in [6, 6.07) is 21.3. The predicted octanol–water partition coefficient (Wildman–Crippen LogP) is 8.40. The van der Waals surface area contributed by atoms with Crippen LogP contribution in [0, 0.1) is 13.8 Å². The first-order chi connectivity index (χ1) is 16.4. The van der Waals surface area contributed by atoms with Crippen molar-refractivity contribution in [3.63, 3.8) is 0 Å². The number of benzene rings is 3. The van der Waals surface area contributed by atoms with Gasteiger partial charge in [0.2, 0.25) is 0 Å². The maximum absolute atomic E-state index is 12.5. The standard InChI is InChI=1S/C32H41O2P/c1-9-17-32(8,35-29-16-15-22(2)18-27(29)24(4)33)28-20-26(31(5,6)7)19-23(3)30(28)34-21-25-13-11-10-12-14-25/h10-16,18-20,35H,9,17,21H2,1-8H3. The molecule has 0 aromatic heterocycles. The van der Waals surface area contributed by atoms with Crippen LogP contribution >= 0.6 is 8.58 Å². The van der Waals surface area contributed by atoms with Gasteiger partial charge in [0.25, 0.3) is 0 Å². The summed E-state index contributed by atoms with van der Waals surface area (Å²) < 4.78 is 6.59. The van der Waals surface area contributed by atoms with Crippen molar-refractivity contribution in [2.45, 2.75) is 85.4 Å². The van der Waals surface area contributed by atoms with Crippen molar-refractivity contribution in [1.82, 2.24) is 0 Å². The Morgan fingerprint density at radius 2 is 1.63 bits per heavy atom. The van der Waals surface area contributed by atoms with Gasteiger partial charge in [-0.25, -0.2) is 0 Å². The van der Waals surface area contributed by atoms with Crippen LogP contribution in [-0.4, -0.2) is 5.78 Å². The largest absolute Gasteiger partial charge is 0.488 e. The molecule has 0 aliphatic carbocycles. The van der Waals surface area contributed by atoms with Gasteiger partial charge in [0.15, 0.2) is 5.78 Å². The van der Waals surface area contributed by atoms with Crippen molar-refractivity contribution in [3.05, 3.63) is 94.0 Å². The minimum absolute atomic E-state index is 0.0299. The molecule has 0 heterocycles. The molecule has 0 bridgehead atoms. The minimum Gasteiger partial charge on any atom is -0.488 e. The van der Waals surface area contributed by atoms with Gasteiger partial charge in [-0.2, -0.15) is 0 Å². The summed E-state index contributed by atoms with van der Waals surface area (Å²) in [5.74, 6) is 1.12. The molecule has 3 aromatic rings. The van der Waals surface area contributed by atoms with Crippen LogP contribution in [0.15, 0.2) is 60.7 Å². The molecular formula is C32H41O2P. The molecule has 0 N–H and O–H groups in total. The third-order valence-electron chi connectivity index (χ3n) is 6.68. The Hall–Kier alpha value is -2.44. The molecule has 3 aromatic carbocycles. The van der Waals surface area contributed by atoms with E-state index in [9.17, 15) is 4.79 Å². The van der Waals surface area contributed by atoms with E-state index in [4.69, 9.17) is 4.74 Å². The Kier molecular flexibility index (Phi) is 8.60. The Bertz CT molecular complexity index is 1170. The molecule has 0 saturated heterocycles. The molecule has 0 fully saturated rings. The summed E-state index contributed by atoms with van der Waals surface area (Å²) in [7, 11) is 0.463. The smallest absolute Gasteiger partial charge is 0.160 e. The van der Waals surface area contributed by atoms with E-state index in [0.717, 1.165) is 40.6 Å². The van der Waals surface area contributed by atoms with Gasteiger partial charge >= 0.3 is 0 Å². The van der Waals surface area contributed by atoms with Gasteiger partial charge in [-0.3, -0.25) is 4.79 Å². The van der Waals surface area contributed by atoms with Crippen molar-refractivity contribution >= 4 is 19.7 Å². The first-order valence-corrected chi connectivity index (χ1v) is 13.7. The maximum atomic E-state index is 12.5. The topological polar surface area (TPSA) is 26.3 Å². The van der Waals surface area contributed by atoms with Gasteiger partial charge in [0, 0.05) is 16.3 Å². The highest BCUT2D eigenvalue weighted by atomic mass is 31.1. The molecule has 0 saturated carbocycles. The fourth-order valence-corrected chi connectivity index (χ4v) is 6.50. The molecule has 2 nitrogen and oxygen atoms in total. The van der Waals surface area contributed by atoms with E-state index in [1.807, 2.05) is 12.1 Å². The average molecular weight is 489 g/mol. The number of carbonyl (C=O) groups is 1. The molecule has 3 rings (SSSR count). The van der Waals surface area contributed by atoms with Gasteiger partial charge < -0.3 is 4.74 Å². The van der Waals surface area contributed by atoms with Crippen molar-refractivity contribution in [3.8, 4) is 5.75 Å². The summed E-state index contributed by atoms with van der Waals surface area (Å²) in [6.45, 7) is 17.8. The van der Waals surface area contributed by atoms with Crippen LogP contribution in [0.5, 0.6) is 5.75 Å². The third kappa shape index (κ3) is 6.62. The number of hydrogen-bond donors (Lipinski definition) is 0.